The summed E-state index contributed by atoms with van der Waals surface area (Å²) in [6.07, 6.45) is 8.01. The molecule has 0 saturated carbocycles. The van der Waals surface area contributed by atoms with Crippen LogP contribution in [0.15, 0.2) is 40.3 Å². The van der Waals surface area contributed by atoms with Gasteiger partial charge in [-0.25, -0.2) is 4.98 Å². The first kappa shape index (κ1) is 20.2. The summed E-state index contributed by atoms with van der Waals surface area (Å²) in [6, 6.07) is 7.93. The van der Waals surface area contributed by atoms with Crippen LogP contribution in [-0.2, 0) is 31.2 Å². The molecular weight excluding hydrogens is 372 g/mol. The Morgan fingerprint density at radius 1 is 1.25 bits per heavy atom. The summed E-state index contributed by atoms with van der Waals surface area (Å²) in [5, 5.41) is 0. The van der Waals surface area contributed by atoms with Crippen LogP contribution in [0, 0.1) is 0 Å². The summed E-state index contributed by atoms with van der Waals surface area (Å²) >= 11 is 5.74. The van der Waals surface area contributed by atoms with Crippen molar-refractivity contribution in [2.45, 2.75) is 32.7 Å². The minimum absolute atomic E-state index is 0.0424. The average molecular weight is 397 g/mol. The third-order valence-electron chi connectivity index (χ3n) is 4.75. The van der Waals surface area contributed by atoms with Crippen molar-refractivity contribution in [1.29, 1.82) is 0 Å². The van der Waals surface area contributed by atoms with E-state index in [0.29, 0.717) is 19.0 Å². The molecule has 0 radical (unpaired) electrons. The molecule has 2 aromatic rings. The van der Waals surface area contributed by atoms with Gasteiger partial charge in [0.05, 0.1) is 18.8 Å². The van der Waals surface area contributed by atoms with Gasteiger partial charge in [-0.05, 0) is 37.0 Å². The van der Waals surface area contributed by atoms with Crippen molar-refractivity contribution < 1.29 is 4.79 Å². The monoisotopic (exact) mass is 396 g/mol. The second-order valence-corrected chi connectivity index (χ2v) is 7.25. The Morgan fingerprint density at radius 2 is 2.00 bits per heavy atom. The number of rotatable bonds is 7. The minimum Gasteiger partial charge on any atom is -0.333 e. The summed E-state index contributed by atoms with van der Waals surface area (Å²) in [5.74, 6) is 1.58. The van der Waals surface area contributed by atoms with Crippen molar-refractivity contribution in [2.75, 3.05) is 12.4 Å². The lowest BCUT2D eigenvalue weighted by atomic mass is 9.99. The first-order valence-corrected chi connectivity index (χ1v) is 10.0. The quantitative estimate of drug-likeness (QED) is 0.406. The predicted octanol–water partition coefficient (Wildman–Crippen LogP) is 3.81. The van der Waals surface area contributed by atoms with Crippen molar-refractivity contribution in [1.82, 2.24) is 9.55 Å². The Hall–Kier alpha value is -2.53. The molecule has 28 heavy (non-hydrogen) atoms. The molecule has 1 heterocycles. The van der Waals surface area contributed by atoms with Crippen molar-refractivity contribution in [3.63, 3.8) is 0 Å². The van der Waals surface area contributed by atoms with E-state index in [4.69, 9.17) is 16.6 Å². The SMILES string of the molecule is CC(=O)/C=C/c1ccc(C=NCc2nc3c(n2C)CCC(=NCCCl)C3)cc1. The average Bonchev–Trinajstić information content (AvgIpc) is 3.01. The van der Waals surface area contributed by atoms with Crippen LogP contribution >= 0.6 is 11.6 Å². The Bertz CT molecular complexity index is 923. The molecule has 1 aliphatic carbocycles. The number of allylic oxidation sites excluding steroid dienone is 1. The number of aliphatic imine (C=N–C) groups is 2. The summed E-state index contributed by atoms with van der Waals surface area (Å²) in [6.45, 7) is 2.77. The molecule has 1 aromatic carbocycles. The van der Waals surface area contributed by atoms with Gasteiger partial charge in [-0.3, -0.25) is 14.8 Å². The van der Waals surface area contributed by atoms with Crippen LogP contribution in [0.4, 0.5) is 0 Å². The molecule has 0 fully saturated rings. The lowest BCUT2D eigenvalue weighted by Gasteiger charge is -2.14. The molecule has 0 spiro atoms. The lowest BCUT2D eigenvalue weighted by Crippen LogP contribution is -2.16. The predicted molar refractivity (Wildman–Crippen MR) is 116 cm³/mol. The van der Waals surface area contributed by atoms with Crippen LogP contribution in [0.1, 0.15) is 41.7 Å². The van der Waals surface area contributed by atoms with E-state index in [1.807, 2.05) is 36.6 Å². The summed E-state index contributed by atoms with van der Waals surface area (Å²) in [4.78, 5) is 24.9. The smallest absolute Gasteiger partial charge is 0.152 e. The van der Waals surface area contributed by atoms with E-state index in [2.05, 4.69) is 21.6 Å². The van der Waals surface area contributed by atoms with E-state index in [9.17, 15) is 4.79 Å². The molecule has 0 bridgehead atoms. The third kappa shape index (κ3) is 5.26. The fourth-order valence-electron chi connectivity index (χ4n) is 3.26. The second-order valence-electron chi connectivity index (χ2n) is 6.87. The van der Waals surface area contributed by atoms with Crippen molar-refractivity contribution in [3.05, 3.63) is 58.7 Å². The summed E-state index contributed by atoms with van der Waals surface area (Å²) in [7, 11) is 2.06. The molecule has 1 aromatic heterocycles. The molecule has 3 rings (SSSR count). The number of hydrogen-bond acceptors (Lipinski definition) is 4. The molecule has 0 N–H and O–H groups in total. The molecule has 0 aliphatic heterocycles. The van der Waals surface area contributed by atoms with Crippen molar-refractivity contribution in [3.8, 4) is 0 Å². The number of hydrogen-bond donors (Lipinski definition) is 0. The van der Waals surface area contributed by atoms with E-state index in [1.165, 1.54) is 11.4 Å². The zero-order chi connectivity index (χ0) is 19.9. The van der Waals surface area contributed by atoms with Crippen molar-refractivity contribution >= 4 is 35.4 Å². The maximum Gasteiger partial charge on any atom is 0.152 e. The molecule has 146 valence electrons. The highest BCUT2D eigenvalue weighted by molar-refractivity contribution is 6.18. The van der Waals surface area contributed by atoms with Gasteiger partial charge in [0, 0.05) is 37.0 Å². The molecular formula is C22H25ClN4O. The number of fused-ring (bicyclic) bond motifs is 1. The number of nitrogens with zero attached hydrogens (tertiary/aromatic N) is 4. The Morgan fingerprint density at radius 3 is 2.71 bits per heavy atom. The van der Waals surface area contributed by atoms with E-state index in [1.54, 1.807) is 13.0 Å². The van der Waals surface area contributed by atoms with Crippen LogP contribution in [0.2, 0.25) is 0 Å². The van der Waals surface area contributed by atoms with Gasteiger partial charge in [0.15, 0.2) is 5.78 Å². The van der Waals surface area contributed by atoms with Gasteiger partial charge < -0.3 is 4.57 Å². The van der Waals surface area contributed by atoms with Crippen LogP contribution in [-0.4, -0.2) is 39.7 Å². The fourth-order valence-corrected chi connectivity index (χ4v) is 3.34. The first-order chi connectivity index (χ1) is 13.6. The normalized spacial score (nSPS) is 15.6. The summed E-state index contributed by atoms with van der Waals surface area (Å²) in [5.41, 5.74) is 5.62. The highest BCUT2D eigenvalue weighted by atomic mass is 35.5. The van der Waals surface area contributed by atoms with E-state index in [-0.39, 0.29) is 5.78 Å². The molecule has 0 saturated heterocycles. The van der Waals surface area contributed by atoms with Crippen LogP contribution in [0.5, 0.6) is 0 Å². The molecule has 1 aliphatic rings. The second kappa shape index (κ2) is 9.60. The van der Waals surface area contributed by atoms with Crippen LogP contribution in [0.25, 0.3) is 6.08 Å². The number of benzene rings is 1. The molecule has 0 atom stereocenters. The van der Waals surface area contributed by atoms with E-state index >= 15 is 0 Å². The number of aromatic nitrogens is 2. The van der Waals surface area contributed by atoms with Gasteiger partial charge in [0.1, 0.15) is 5.82 Å². The number of halogens is 1. The Labute approximate surface area is 170 Å². The van der Waals surface area contributed by atoms with Crippen LogP contribution < -0.4 is 0 Å². The molecule has 0 unspecified atom stereocenters. The highest BCUT2D eigenvalue weighted by Gasteiger charge is 2.20. The number of carbonyl (C=O) groups is 1. The maximum absolute atomic E-state index is 11.0. The maximum atomic E-state index is 11.0. The lowest BCUT2D eigenvalue weighted by molar-refractivity contribution is -0.112. The Balaban J connectivity index is 1.64. The van der Waals surface area contributed by atoms with E-state index < -0.39 is 0 Å². The first-order valence-electron chi connectivity index (χ1n) is 9.47. The van der Waals surface area contributed by atoms with Crippen LogP contribution in [0.3, 0.4) is 0 Å². The Kier molecular flexibility index (Phi) is 6.93. The van der Waals surface area contributed by atoms with E-state index in [0.717, 1.165) is 41.9 Å². The fraction of sp³-hybridized carbons (Fsp3) is 0.364. The largest absolute Gasteiger partial charge is 0.333 e. The van der Waals surface area contributed by atoms with Crippen molar-refractivity contribution in [2.24, 2.45) is 17.0 Å². The topological polar surface area (TPSA) is 59.6 Å². The standard InChI is InChI=1S/C22H25ClN4O/c1-16(28)3-4-17-5-7-18(8-6-17)14-24-15-22-26-20-13-19(25-12-11-23)9-10-21(20)27(22)2/h3-8,14H,9-13,15H2,1-2H3/b4-3+,24-14?,25-19?. The number of alkyl halides is 1. The zero-order valence-corrected chi connectivity index (χ0v) is 17.1. The van der Waals surface area contributed by atoms with Gasteiger partial charge in [0.2, 0.25) is 0 Å². The molecule has 0 amide bonds. The van der Waals surface area contributed by atoms with Gasteiger partial charge in [-0.1, -0.05) is 30.3 Å². The summed E-state index contributed by atoms with van der Waals surface area (Å²) < 4.78 is 2.17. The molecule has 6 heteroatoms. The minimum atomic E-state index is 0.0424. The number of ketones is 1. The van der Waals surface area contributed by atoms with Gasteiger partial charge >= 0.3 is 0 Å². The van der Waals surface area contributed by atoms with Gasteiger partial charge in [-0.15, -0.1) is 11.6 Å². The third-order valence-corrected chi connectivity index (χ3v) is 4.92. The van der Waals surface area contributed by atoms with Gasteiger partial charge in [-0.2, -0.15) is 0 Å². The zero-order valence-electron chi connectivity index (χ0n) is 16.4. The molecule has 5 nitrogen and oxygen atoms in total. The number of imidazole rings is 1. The highest BCUT2D eigenvalue weighted by Crippen LogP contribution is 2.21. The number of carbonyl (C=O) groups excluding carboxylic acids is 1. The van der Waals surface area contributed by atoms with Gasteiger partial charge in [0.25, 0.3) is 0 Å².